The molecule has 1 aromatic rings. The van der Waals surface area contributed by atoms with Gasteiger partial charge in [-0.05, 0) is 44.0 Å². The fourth-order valence-corrected chi connectivity index (χ4v) is 2.22. The summed E-state index contributed by atoms with van der Waals surface area (Å²) >= 11 is 0. The van der Waals surface area contributed by atoms with Gasteiger partial charge in [0.25, 0.3) is 6.43 Å². The minimum Gasteiger partial charge on any atom is -0.305 e. The third-order valence-corrected chi connectivity index (χ3v) is 2.73. The average molecular weight is 227 g/mol. The molecule has 0 saturated heterocycles. The number of hydrogen-bond donors (Lipinski definition) is 1. The van der Waals surface area contributed by atoms with Crippen molar-refractivity contribution < 1.29 is 8.78 Å². The first kappa shape index (κ1) is 13.1. The number of alkyl halides is 2. The molecule has 1 unspecified atom stereocenters. The Bertz CT molecular complexity index is 338. The molecule has 1 nitrogen and oxygen atoms in total. The molecule has 0 aromatic heterocycles. The first-order chi connectivity index (χ1) is 7.47. The van der Waals surface area contributed by atoms with E-state index in [2.05, 4.69) is 5.32 Å². The molecule has 0 fully saturated rings. The van der Waals surface area contributed by atoms with Gasteiger partial charge in [0.15, 0.2) is 0 Å². The van der Waals surface area contributed by atoms with Crippen LogP contribution in [0.15, 0.2) is 12.1 Å². The predicted molar refractivity (Wildman–Crippen MR) is 63.1 cm³/mol. The number of benzene rings is 1. The highest BCUT2D eigenvalue weighted by atomic mass is 19.3. The molecule has 0 aliphatic heterocycles. The van der Waals surface area contributed by atoms with Crippen LogP contribution in [0.25, 0.3) is 0 Å². The van der Waals surface area contributed by atoms with Crippen LogP contribution in [0.1, 0.15) is 35.2 Å². The number of hydrogen-bond acceptors (Lipinski definition) is 1. The minimum atomic E-state index is -2.37. The van der Waals surface area contributed by atoms with Crippen LogP contribution in [-0.2, 0) is 0 Å². The lowest BCUT2D eigenvalue weighted by atomic mass is 9.94. The highest BCUT2D eigenvalue weighted by Crippen LogP contribution is 2.27. The first-order valence-electron chi connectivity index (χ1n) is 5.56. The summed E-state index contributed by atoms with van der Waals surface area (Å²) in [6.45, 7) is 8.15. The lowest BCUT2D eigenvalue weighted by Crippen LogP contribution is -2.28. The van der Waals surface area contributed by atoms with Crippen molar-refractivity contribution in [1.82, 2.24) is 5.32 Å². The Morgan fingerprint density at radius 1 is 1.12 bits per heavy atom. The van der Waals surface area contributed by atoms with Crippen LogP contribution >= 0.6 is 0 Å². The minimum absolute atomic E-state index is 0.543. The van der Waals surface area contributed by atoms with Crippen molar-refractivity contribution >= 4 is 0 Å². The van der Waals surface area contributed by atoms with Crippen molar-refractivity contribution in [3.05, 3.63) is 34.4 Å². The van der Waals surface area contributed by atoms with Gasteiger partial charge in [0.1, 0.15) is 0 Å². The number of rotatable bonds is 4. The van der Waals surface area contributed by atoms with E-state index in [4.69, 9.17) is 0 Å². The normalized spacial score (nSPS) is 13.2. The van der Waals surface area contributed by atoms with E-state index in [1.54, 1.807) is 0 Å². The molecule has 1 aromatic carbocycles. The van der Waals surface area contributed by atoms with Gasteiger partial charge in [-0.3, -0.25) is 0 Å². The Kier molecular flexibility index (Phi) is 4.42. The zero-order valence-electron chi connectivity index (χ0n) is 10.3. The summed E-state index contributed by atoms with van der Waals surface area (Å²) in [6.07, 6.45) is -2.37. The molecule has 3 heteroatoms. The highest BCUT2D eigenvalue weighted by molar-refractivity contribution is 5.40. The van der Waals surface area contributed by atoms with Gasteiger partial charge >= 0.3 is 0 Å². The molecule has 90 valence electrons. The molecule has 0 aliphatic rings. The first-order valence-corrected chi connectivity index (χ1v) is 5.56. The van der Waals surface area contributed by atoms with Crippen LogP contribution in [0, 0.1) is 20.8 Å². The number of nitrogens with one attached hydrogen (secondary N) is 1. The van der Waals surface area contributed by atoms with Gasteiger partial charge in [0, 0.05) is 0 Å². The molecule has 0 spiro atoms. The summed E-state index contributed by atoms with van der Waals surface area (Å²) in [7, 11) is 0. The Hall–Kier alpha value is -0.960. The average Bonchev–Trinajstić information content (AvgIpc) is 2.14. The van der Waals surface area contributed by atoms with Gasteiger partial charge in [0.2, 0.25) is 0 Å². The second-order valence-corrected chi connectivity index (χ2v) is 4.18. The van der Waals surface area contributed by atoms with Gasteiger partial charge in [-0.2, -0.15) is 0 Å². The van der Waals surface area contributed by atoms with Crippen molar-refractivity contribution in [2.24, 2.45) is 0 Å². The molecular formula is C13H19F2N. The summed E-state index contributed by atoms with van der Waals surface area (Å²) in [4.78, 5) is 0. The zero-order chi connectivity index (χ0) is 12.3. The Labute approximate surface area is 95.9 Å². The summed E-state index contributed by atoms with van der Waals surface area (Å²) in [5.74, 6) is 0. The van der Waals surface area contributed by atoms with Crippen LogP contribution in [0.4, 0.5) is 8.78 Å². The monoisotopic (exact) mass is 227 g/mol. The number of halogens is 2. The maximum Gasteiger partial charge on any atom is 0.257 e. The van der Waals surface area contributed by atoms with Crippen molar-refractivity contribution in [2.75, 3.05) is 6.54 Å². The molecule has 0 radical (unpaired) electrons. The van der Waals surface area contributed by atoms with E-state index in [-0.39, 0.29) is 0 Å². The molecule has 0 bridgehead atoms. The third kappa shape index (κ3) is 2.79. The van der Waals surface area contributed by atoms with Crippen molar-refractivity contribution in [2.45, 2.75) is 40.2 Å². The topological polar surface area (TPSA) is 12.0 Å². The lowest BCUT2D eigenvalue weighted by Gasteiger charge is -2.22. The molecule has 0 aliphatic carbocycles. The van der Waals surface area contributed by atoms with E-state index >= 15 is 0 Å². The van der Waals surface area contributed by atoms with E-state index in [0.717, 1.165) is 22.3 Å². The molecule has 1 N–H and O–H groups in total. The summed E-state index contributed by atoms with van der Waals surface area (Å²) in [6, 6.07) is 3.05. The second kappa shape index (κ2) is 5.39. The highest BCUT2D eigenvalue weighted by Gasteiger charge is 2.24. The standard InChI is InChI=1S/C13H19F2N/c1-5-16-12(13(14)15)11-9(3)6-8(2)7-10(11)4/h6-7,12-13,16H,5H2,1-4H3. The predicted octanol–water partition coefficient (Wildman–Crippen LogP) is 3.53. The van der Waals surface area contributed by atoms with Gasteiger partial charge < -0.3 is 5.32 Å². The van der Waals surface area contributed by atoms with E-state index in [0.29, 0.717) is 6.54 Å². The Morgan fingerprint density at radius 3 is 2.00 bits per heavy atom. The SMILES string of the molecule is CCNC(c1c(C)cc(C)cc1C)C(F)F. The van der Waals surface area contributed by atoms with Crippen LogP contribution in [0.2, 0.25) is 0 Å². The zero-order valence-corrected chi connectivity index (χ0v) is 10.3. The molecule has 16 heavy (non-hydrogen) atoms. The van der Waals surface area contributed by atoms with Crippen molar-refractivity contribution in [1.29, 1.82) is 0 Å². The Balaban J connectivity index is 3.18. The van der Waals surface area contributed by atoms with E-state index in [1.807, 2.05) is 39.8 Å². The Morgan fingerprint density at radius 2 is 1.62 bits per heavy atom. The third-order valence-electron chi connectivity index (χ3n) is 2.73. The largest absolute Gasteiger partial charge is 0.305 e. The maximum absolute atomic E-state index is 13.0. The van der Waals surface area contributed by atoms with Crippen molar-refractivity contribution in [3.8, 4) is 0 Å². The lowest BCUT2D eigenvalue weighted by molar-refractivity contribution is 0.0987. The summed E-state index contributed by atoms with van der Waals surface area (Å²) < 4.78 is 25.9. The van der Waals surface area contributed by atoms with Gasteiger partial charge in [-0.1, -0.05) is 24.6 Å². The van der Waals surface area contributed by atoms with E-state index in [9.17, 15) is 8.78 Å². The van der Waals surface area contributed by atoms with Gasteiger partial charge in [-0.15, -0.1) is 0 Å². The summed E-state index contributed by atoms with van der Waals surface area (Å²) in [5.41, 5.74) is 3.72. The van der Waals surface area contributed by atoms with Gasteiger partial charge in [-0.25, -0.2) is 8.78 Å². The molecule has 1 rings (SSSR count). The van der Waals surface area contributed by atoms with Crippen LogP contribution in [0.5, 0.6) is 0 Å². The van der Waals surface area contributed by atoms with Crippen LogP contribution in [0.3, 0.4) is 0 Å². The maximum atomic E-state index is 13.0. The fraction of sp³-hybridized carbons (Fsp3) is 0.538. The fourth-order valence-electron chi connectivity index (χ4n) is 2.22. The molecule has 0 saturated carbocycles. The van der Waals surface area contributed by atoms with E-state index in [1.165, 1.54) is 0 Å². The second-order valence-electron chi connectivity index (χ2n) is 4.18. The molecule has 0 amide bonds. The van der Waals surface area contributed by atoms with Crippen LogP contribution < -0.4 is 5.32 Å². The van der Waals surface area contributed by atoms with Crippen LogP contribution in [-0.4, -0.2) is 13.0 Å². The molecular weight excluding hydrogens is 208 g/mol. The van der Waals surface area contributed by atoms with Crippen molar-refractivity contribution in [3.63, 3.8) is 0 Å². The number of aryl methyl sites for hydroxylation is 3. The van der Waals surface area contributed by atoms with E-state index < -0.39 is 12.5 Å². The van der Waals surface area contributed by atoms with Gasteiger partial charge in [0.05, 0.1) is 6.04 Å². The molecule has 1 atom stereocenters. The smallest absolute Gasteiger partial charge is 0.257 e. The molecule has 0 heterocycles. The quantitative estimate of drug-likeness (QED) is 0.829. The summed E-state index contributed by atoms with van der Waals surface area (Å²) in [5, 5.41) is 2.85.